The van der Waals surface area contributed by atoms with Crippen molar-refractivity contribution in [3.63, 3.8) is 0 Å². The first kappa shape index (κ1) is 13.5. The Bertz CT molecular complexity index is 657. The van der Waals surface area contributed by atoms with E-state index in [4.69, 9.17) is 4.74 Å². The van der Waals surface area contributed by atoms with Crippen molar-refractivity contribution >= 4 is 11.7 Å². The van der Waals surface area contributed by atoms with Gasteiger partial charge in [-0.25, -0.2) is 9.78 Å². The molecule has 20 heavy (non-hydrogen) atoms. The number of hydrogen-bond donors (Lipinski definition) is 0. The number of rotatable bonds is 4. The first-order valence-corrected chi connectivity index (χ1v) is 5.58. The maximum atomic E-state index is 11.6. The molecule has 0 aliphatic heterocycles. The number of carbonyl (C=O) groups excluding carboxylic acids is 1. The lowest BCUT2D eigenvalue weighted by molar-refractivity contribution is -0.386. The molecule has 2 aromatic rings. The Labute approximate surface area is 113 Å². The third-order valence-electron chi connectivity index (χ3n) is 2.45. The van der Waals surface area contributed by atoms with Gasteiger partial charge in [0.15, 0.2) is 0 Å². The van der Waals surface area contributed by atoms with Gasteiger partial charge < -0.3 is 9.47 Å². The molecule has 0 aliphatic rings. The lowest BCUT2D eigenvalue weighted by Gasteiger charge is -2.08. The number of para-hydroxylation sites is 1. The molecule has 2 rings (SSSR count). The number of nitro groups is 1. The topological polar surface area (TPSA) is 91.6 Å². The van der Waals surface area contributed by atoms with Crippen LogP contribution in [-0.2, 0) is 4.74 Å². The number of pyridine rings is 1. The van der Waals surface area contributed by atoms with Crippen molar-refractivity contribution < 1.29 is 19.2 Å². The standard InChI is InChI=1S/C13H10N2O5/c1-19-13(16)9-5-2-3-7-11(9)20-12-10(15(17)18)6-4-8-14-12/h2-8H,1H3. The smallest absolute Gasteiger partial charge is 0.341 e. The van der Waals surface area contributed by atoms with Gasteiger partial charge in [0.1, 0.15) is 11.3 Å². The van der Waals surface area contributed by atoms with Crippen molar-refractivity contribution in [3.05, 3.63) is 58.3 Å². The van der Waals surface area contributed by atoms with Crippen molar-refractivity contribution in [2.24, 2.45) is 0 Å². The molecule has 0 fully saturated rings. The zero-order valence-corrected chi connectivity index (χ0v) is 10.5. The summed E-state index contributed by atoms with van der Waals surface area (Å²) < 4.78 is 9.99. The number of esters is 1. The highest BCUT2D eigenvalue weighted by atomic mass is 16.6. The Morgan fingerprint density at radius 1 is 1.25 bits per heavy atom. The minimum atomic E-state index is -0.608. The molecule has 7 heteroatoms. The van der Waals surface area contributed by atoms with Crippen LogP contribution in [0.15, 0.2) is 42.6 Å². The van der Waals surface area contributed by atoms with Crippen molar-refractivity contribution in [3.8, 4) is 11.6 Å². The van der Waals surface area contributed by atoms with Gasteiger partial charge in [0, 0.05) is 12.3 Å². The first-order chi connectivity index (χ1) is 9.63. The normalized spacial score (nSPS) is 9.85. The highest BCUT2D eigenvalue weighted by molar-refractivity contribution is 5.92. The Morgan fingerprint density at radius 3 is 2.70 bits per heavy atom. The van der Waals surface area contributed by atoms with Crippen LogP contribution in [0.25, 0.3) is 0 Å². The fraction of sp³-hybridized carbons (Fsp3) is 0.0769. The molecule has 1 heterocycles. The van der Waals surface area contributed by atoms with Crippen LogP contribution in [-0.4, -0.2) is 23.0 Å². The van der Waals surface area contributed by atoms with Crippen LogP contribution in [0.5, 0.6) is 11.6 Å². The van der Waals surface area contributed by atoms with Gasteiger partial charge in [-0.1, -0.05) is 12.1 Å². The summed E-state index contributed by atoms with van der Waals surface area (Å²) in [6, 6.07) is 8.96. The van der Waals surface area contributed by atoms with Gasteiger partial charge in [-0.2, -0.15) is 0 Å². The molecule has 0 aliphatic carbocycles. The summed E-state index contributed by atoms with van der Waals surface area (Å²) in [7, 11) is 1.24. The number of carbonyl (C=O) groups is 1. The molecule has 0 unspecified atom stereocenters. The molecule has 0 atom stereocenters. The predicted molar refractivity (Wildman–Crippen MR) is 68.7 cm³/mol. The molecule has 0 spiro atoms. The SMILES string of the molecule is COC(=O)c1ccccc1Oc1ncccc1[N+](=O)[O-]. The van der Waals surface area contributed by atoms with E-state index in [-0.39, 0.29) is 22.9 Å². The number of aromatic nitrogens is 1. The highest BCUT2D eigenvalue weighted by Gasteiger charge is 2.19. The molecular weight excluding hydrogens is 264 g/mol. The van der Waals surface area contributed by atoms with Gasteiger partial charge in [-0.05, 0) is 18.2 Å². The van der Waals surface area contributed by atoms with E-state index in [0.29, 0.717) is 0 Å². The molecule has 0 saturated heterocycles. The second kappa shape index (κ2) is 5.79. The molecule has 0 radical (unpaired) electrons. The van der Waals surface area contributed by atoms with E-state index < -0.39 is 10.9 Å². The quantitative estimate of drug-likeness (QED) is 0.483. The zero-order valence-electron chi connectivity index (χ0n) is 10.5. The molecule has 1 aromatic heterocycles. The second-order valence-electron chi connectivity index (χ2n) is 3.67. The van der Waals surface area contributed by atoms with Gasteiger partial charge in [0.25, 0.3) is 5.88 Å². The summed E-state index contributed by atoms with van der Waals surface area (Å²) in [6.45, 7) is 0. The average Bonchev–Trinajstić information content (AvgIpc) is 2.47. The molecule has 102 valence electrons. The third kappa shape index (κ3) is 2.72. The van der Waals surface area contributed by atoms with Gasteiger partial charge >= 0.3 is 11.7 Å². The summed E-state index contributed by atoms with van der Waals surface area (Å²) in [5, 5.41) is 10.9. The van der Waals surface area contributed by atoms with Crippen LogP contribution in [0.2, 0.25) is 0 Å². The maximum Gasteiger partial charge on any atom is 0.341 e. The van der Waals surface area contributed by atoms with E-state index in [1.807, 2.05) is 0 Å². The van der Waals surface area contributed by atoms with E-state index in [9.17, 15) is 14.9 Å². The molecule has 0 N–H and O–H groups in total. The zero-order chi connectivity index (χ0) is 14.5. The van der Waals surface area contributed by atoms with E-state index in [1.165, 1.54) is 37.6 Å². The number of benzene rings is 1. The first-order valence-electron chi connectivity index (χ1n) is 5.58. The fourth-order valence-corrected chi connectivity index (χ4v) is 1.54. The monoisotopic (exact) mass is 274 g/mol. The lowest BCUT2D eigenvalue weighted by atomic mass is 10.2. The Hall–Kier alpha value is -2.96. The molecule has 1 aromatic carbocycles. The lowest BCUT2D eigenvalue weighted by Crippen LogP contribution is -2.04. The fourth-order valence-electron chi connectivity index (χ4n) is 1.54. The summed E-state index contributed by atoms with van der Waals surface area (Å²) >= 11 is 0. The molecule has 0 bridgehead atoms. The molecule has 7 nitrogen and oxygen atoms in total. The van der Waals surface area contributed by atoms with Crippen LogP contribution >= 0.6 is 0 Å². The van der Waals surface area contributed by atoms with Crippen LogP contribution in [0, 0.1) is 10.1 Å². The maximum absolute atomic E-state index is 11.6. The Morgan fingerprint density at radius 2 is 2.00 bits per heavy atom. The Kier molecular flexibility index (Phi) is 3.90. The number of ether oxygens (including phenoxy) is 2. The van der Waals surface area contributed by atoms with Crippen LogP contribution in [0.1, 0.15) is 10.4 Å². The van der Waals surface area contributed by atoms with Gasteiger partial charge in [0.2, 0.25) is 0 Å². The predicted octanol–water partition coefficient (Wildman–Crippen LogP) is 2.57. The highest BCUT2D eigenvalue weighted by Crippen LogP contribution is 2.30. The van der Waals surface area contributed by atoms with E-state index in [0.717, 1.165) is 0 Å². The average molecular weight is 274 g/mol. The largest absolute Gasteiger partial charge is 0.465 e. The second-order valence-corrected chi connectivity index (χ2v) is 3.67. The van der Waals surface area contributed by atoms with Crippen LogP contribution in [0.3, 0.4) is 0 Å². The summed E-state index contributed by atoms with van der Waals surface area (Å²) in [4.78, 5) is 25.7. The molecule has 0 saturated carbocycles. The van der Waals surface area contributed by atoms with Crippen molar-refractivity contribution in [2.75, 3.05) is 7.11 Å². The summed E-state index contributed by atoms with van der Waals surface area (Å²) in [6.07, 6.45) is 1.36. The molecular formula is C13H10N2O5. The van der Waals surface area contributed by atoms with Gasteiger partial charge in [-0.15, -0.1) is 0 Å². The number of nitrogens with zero attached hydrogens (tertiary/aromatic N) is 2. The van der Waals surface area contributed by atoms with E-state index in [2.05, 4.69) is 9.72 Å². The minimum absolute atomic E-state index is 0.140. The van der Waals surface area contributed by atoms with Crippen LogP contribution < -0.4 is 4.74 Å². The summed E-state index contributed by atoms with van der Waals surface area (Å²) in [5.41, 5.74) is -0.123. The van der Waals surface area contributed by atoms with E-state index in [1.54, 1.807) is 12.1 Å². The van der Waals surface area contributed by atoms with Crippen molar-refractivity contribution in [1.82, 2.24) is 4.98 Å². The van der Waals surface area contributed by atoms with E-state index >= 15 is 0 Å². The number of methoxy groups -OCH3 is 1. The number of hydrogen-bond acceptors (Lipinski definition) is 6. The molecule has 0 amide bonds. The van der Waals surface area contributed by atoms with Crippen molar-refractivity contribution in [1.29, 1.82) is 0 Å². The van der Waals surface area contributed by atoms with Gasteiger partial charge in [0.05, 0.1) is 12.0 Å². The summed E-state index contributed by atoms with van der Waals surface area (Å²) in [5.74, 6) is -0.644. The minimum Gasteiger partial charge on any atom is -0.465 e. The van der Waals surface area contributed by atoms with Crippen LogP contribution in [0.4, 0.5) is 5.69 Å². The third-order valence-corrected chi connectivity index (χ3v) is 2.45. The Balaban J connectivity index is 2.41. The van der Waals surface area contributed by atoms with Crippen molar-refractivity contribution in [2.45, 2.75) is 0 Å². The van der Waals surface area contributed by atoms with Gasteiger partial charge in [-0.3, -0.25) is 10.1 Å².